The molecule has 0 saturated heterocycles. The largest absolute Gasteiger partial charge is 0.356 e. The number of aryl methyl sites for hydroxylation is 1. The van der Waals surface area contributed by atoms with E-state index in [0.29, 0.717) is 12.2 Å². The summed E-state index contributed by atoms with van der Waals surface area (Å²) in [7, 11) is 0. The average Bonchev–Trinajstić information content (AvgIpc) is 2.99. The minimum Gasteiger partial charge on any atom is -0.356 e. The first-order valence-electron chi connectivity index (χ1n) is 7.30. The first-order chi connectivity index (χ1) is 11.6. The van der Waals surface area contributed by atoms with Crippen LogP contribution in [-0.4, -0.2) is 15.3 Å². The van der Waals surface area contributed by atoms with Gasteiger partial charge in [-0.25, -0.2) is 9.37 Å². The number of rotatable bonds is 5. The third-order valence-corrected chi connectivity index (χ3v) is 4.01. The molecule has 0 unspecified atom stereocenters. The molecular weight excluding hydrogens is 327 g/mol. The van der Waals surface area contributed by atoms with Crippen LogP contribution < -0.4 is 10.6 Å². The third kappa shape index (κ3) is 4.14. The van der Waals surface area contributed by atoms with Crippen LogP contribution in [0.5, 0.6) is 0 Å². The van der Waals surface area contributed by atoms with Gasteiger partial charge in [-0.05, 0) is 42.8 Å². The molecule has 0 aliphatic rings. The van der Waals surface area contributed by atoms with Gasteiger partial charge in [-0.3, -0.25) is 4.79 Å². The van der Waals surface area contributed by atoms with Gasteiger partial charge < -0.3 is 10.6 Å². The van der Waals surface area contributed by atoms with Crippen molar-refractivity contribution in [3.05, 3.63) is 71.3 Å². The van der Waals surface area contributed by atoms with E-state index >= 15 is 0 Å². The van der Waals surface area contributed by atoms with Crippen molar-refractivity contribution in [1.29, 1.82) is 0 Å². The molecule has 1 aromatic heterocycles. The van der Waals surface area contributed by atoms with E-state index < -0.39 is 5.82 Å². The fourth-order valence-corrected chi connectivity index (χ4v) is 2.71. The molecule has 0 spiro atoms. The number of benzene rings is 2. The average molecular weight is 342 g/mol. The summed E-state index contributed by atoms with van der Waals surface area (Å²) in [5.74, 6) is -0.0501. The van der Waals surface area contributed by atoms with E-state index in [0.717, 1.165) is 16.5 Å². The highest BCUT2D eigenvalue weighted by atomic mass is 32.1. The molecule has 0 fully saturated rings. The molecule has 0 saturated carbocycles. The van der Waals surface area contributed by atoms with E-state index in [2.05, 4.69) is 20.0 Å². The highest BCUT2D eigenvalue weighted by Crippen LogP contribution is 2.16. The molecule has 122 valence electrons. The number of anilines is 2. The predicted molar refractivity (Wildman–Crippen MR) is 92.8 cm³/mol. The first-order valence-corrected chi connectivity index (χ1v) is 8.07. The van der Waals surface area contributed by atoms with E-state index in [1.54, 1.807) is 12.1 Å². The number of aromatic nitrogens is 2. The summed E-state index contributed by atoms with van der Waals surface area (Å²) in [5.41, 5.74) is 1.92. The van der Waals surface area contributed by atoms with Crippen molar-refractivity contribution in [3.8, 4) is 0 Å². The monoisotopic (exact) mass is 342 g/mol. The van der Waals surface area contributed by atoms with Crippen molar-refractivity contribution in [1.82, 2.24) is 9.36 Å². The van der Waals surface area contributed by atoms with Crippen LogP contribution in [0.25, 0.3) is 0 Å². The Bertz CT molecular complexity index is 865. The maximum Gasteiger partial charge on any atom is 0.255 e. The van der Waals surface area contributed by atoms with Crippen LogP contribution in [-0.2, 0) is 6.54 Å². The van der Waals surface area contributed by atoms with Gasteiger partial charge >= 0.3 is 0 Å². The summed E-state index contributed by atoms with van der Waals surface area (Å²) < 4.78 is 17.3. The van der Waals surface area contributed by atoms with Crippen LogP contribution in [0, 0.1) is 12.7 Å². The second-order valence-corrected chi connectivity index (χ2v) is 5.92. The Kier molecular flexibility index (Phi) is 4.81. The molecule has 0 aliphatic heterocycles. The quantitative estimate of drug-likeness (QED) is 0.739. The standard InChI is InChI=1S/C17H15FN4OS/c1-11-20-17(24-22-11)19-10-12-4-2-7-15(8-12)21-16(23)13-5-3-6-14(18)9-13/h2-9H,10H2,1H3,(H,21,23)(H,19,20,22). The van der Waals surface area contributed by atoms with Gasteiger partial charge in [0.2, 0.25) is 5.13 Å². The fraction of sp³-hybridized carbons (Fsp3) is 0.118. The minimum absolute atomic E-state index is 0.280. The summed E-state index contributed by atoms with van der Waals surface area (Å²) in [6, 6.07) is 13.0. The Morgan fingerprint density at radius 2 is 2.04 bits per heavy atom. The normalized spacial score (nSPS) is 10.4. The maximum atomic E-state index is 13.2. The van der Waals surface area contributed by atoms with Crippen LogP contribution in [0.2, 0.25) is 0 Å². The van der Waals surface area contributed by atoms with E-state index in [9.17, 15) is 9.18 Å². The highest BCUT2D eigenvalue weighted by molar-refractivity contribution is 7.09. The van der Waals surface area contributed by atoms with Crippen molar-refractivity contribution in [2.75, 3.05) is 10.6 Å². The van der Waals surface area contributed by atoms with Gasteiger partial charge in [0, 0.05) is 29.3 Å². The number of hydrogen-bond donors (Lipinski definition) is 2. The molecular formula is C17H15FN4OS. The number of nitrogens with zero attached hydrogens (tertiary/aromatic N) is 2. The van der Waals surface area contributed by atoms with Gasteiger partial charge in [0.1, 0.15) is 11.6 Å². The van der Waals surface area contributed by atoms with Crippen LogP contribution in [0.4, 0.5) is 15.2 Å². The molecule has 24 heavy (non-hydrogen) atoms. The van der Waals surface area contributed by atoms with Gasteiger partial charge in [-0.1, -0.05) is 18.2 Å². The number of nitrogens with one attached hydrogen (secondary N) is 2. The lowest BCUT2D eigenvalue weighted by Gasteiger charge is -2.08. The summed E-state index contributed by atoms with van der Waals surface area (Å²) in [6.07, 6.45) is 0. The third-order valence-electron chi connectivity index (χ3n) is 3.24. The Morgan fingerprint density at radius 1 is 1.21 bits per heavy atom. The second-order valence-electron chi connectivity index (χ2n) is 5.17. The van der Waals surface area contributed by atoms with Gasteiger partial charge in [0.25, 0.3) is 5.91 Å². The highest BCUT2D eigenvalue weighted by Gasteiger charge is 2.07. The number of carbonyl (C=O) groups is 1. The van der Waals surface area contributed by atoms with Crippen molar-refractivity contribution < 1.29 is 9.18 Å². The van der Waals surface area contributed by atoms with Crippen molar-refractivity contribution >= 4 is 28.3 Å². The Hall–Kier alpha value is -2.80. The van der Waals surface area contributed by atoms with Gasteiger partial charge in [-0.2, -0.15) is 4.37 Å². The smallest absolute Gasteiger partial charge is 0.255 e. The molecule has 2 aromatic carbocycles. The van der Waals surface area contributed by atoms with E-state index in [1.807, 2.05) is 25.1 Å². The topological polar surface area (TPSA) is 66.9 Å². The summed E-state index contributed by atoms with van der Waals surface area (Å²) in [5, 5.41) is 6.71. The van der Waals surface area contributed by atoms with Crippen LogP contribution in [0.1, 0.15) is 21.7 Å². The first kappa shape index (κ1) is 16.1. The predicted octanol–water partition coefficient (Wildman–Crippen LogP) is 3.85. The molecule has 5 nitrogen and oxygen atoms in total. The second kappa shape index (κ2) is 7.18. The zero-order valence-corrected chi connectivity index (χ0v) is 13.7. The molecule has 3 rings (SSSR count). The summed E-state index contributed by atoms with van der Waals surface area (Å²) >= 11 is 1.30. The Labute approximate surface area is 142 Å². The lowest BCUT2D eigenvalue weighted by atomic mass is 10.1. The van der Waals surface area contributed by atoms with Crippen molar-refractivity contribution in [3.63, 3.8) is 0 Å². The number of halogens is 1. The molecule has 0 bridgehead atoms. The van der Waals surface area contributed by atoms with Gasteiger partial charge in [0.15, 0.2) is 0 Å². The molecule has 1 amide bonds. The fourth-order valence-electron chi connectivity index (χ4n) is 2.14. The van der Waals surface area contributed by atoms with Gasteiger partial charge in [-0.15, -0.1) is 0 Å². The number of hydrogen-bond acceptors (Lipinski definition) is 5. The summed E-state index contributed by atoms with van der Waals surface area (Å²) in [4.78, 5) is 16.4. The number of amides is 1. The zero-order valence-electron chi connectivity index (χ0n) is 12.9. The van der Waals surface area contributed by atoms with Crippen LogP contribution in [0.3, 0.4) is 0 Å². The molecule has 1 heterocycles. The van der Waals surface area contributed by atoms with E-state index in [4.69, 9.17) is 0 Å². The Morgan fingerprint density at radius 3 is 2.79 bits per heavy atom. The molecule has 0 aliphatic carbocycles. The molecule has 3 aromatic rings. The van der Waals surface area contributed by atoms with Crippen LogP contribution >= 0.6 is 11.5 Å². The van der Waals surface area contributed by atoms with E-state index in [-0.39, 0.29) is 11.5 Å². The van der Waals surface area contributed by atoms with Crippen molar-refractivity contribution in [2.45, 2.75) is 13.5 Å². The Balaban J connectivity index is 1.65. The molecule has 2 N–H and O–H groups in total. The van der Waals surface area contributed by atoms with Gasteiger partial charge in [0.05, 0.1) is 0 Å². The van der Waals surface area contributed by atoms with Crippen molar-refractivity contribution in [2.24, 2.45) is 0 Å². The zero-order chi connectivity index (χ0) is 16.9. The molecule has 0 atom stereocenters. The minimum atomic E-state index is -0.437. The molecule has 0 radical (unpaired) electrons. The lowest BCUT2D eigenvalue weighted by Crippen LogP contribution is -2.12. The molecule has 7 heteroatoms. The number of carbonyl (C=O) groups excluding carboxylic acids is 1. The maximum absolute atomic E-state index is 13.2. The lowest BCUT2D eigenvalue weighted by molar-refractivity contribution is 0.102. The summed E-state index contributed by atoms with van der Waals surface area (Å²) in [6.45, 7) is 2.41. The van der Waals surface area contributed by atoms with Crippen LogP contribution in [0.15, 0.2) is 48.5 Å². The SMILES string of the molecule is Cc1nsc(NCc2cccc(NC(=O)c3cccc(F)c3)c2)n1. The van der Waals surface area contributed by atoms with E-state index in [1.165, 1.54) is 29.7 Å².